The Morgan fingerprint density at radius 1 is 1.44 bits per heavy atom. The zero-order chi connectivity index (χ0) is 12.2. The third kappa shape index (κ3) is 9.26. The summed E-state index contributed by atoms with van der Waals surface area (Å²) in [5.41, 5.74) is 5.27. The predicted octanol–water partition coefficient (Wildman–Crippen LogP) is 0.446. The van der Waals surface area contributed by atoms with Gasteiger partial charge in [-0.1, -0.05) is 5.16 Å². The number of hydrogen-bond acceptors (Lipinski definition) is 4. The van der Waals surface area contributed by atoms with Crippen LogP contribution in [0, 0.1) is 0 Å². The van der Waals surface area contributed by atoms with Gasteiger partial charge >= 0.3 is 0 Å². The summed E-state index contributed by atoms with van der Waals surface area (Å²) in [7, 11) is 0. The van der Waals surface area contributed by atoms with Crippen LogP contribution in [0.4, 0.5) is 0 Å². The molecule has 0 fully saturated rings. The van der Waals surface area contributed by atoms with Gasteiger partial charge in [-0.3, -0.25) is 4.79 Å². The van der Waals surface area contributed by atoms with Crippen LogP contribution in [-0.4, -0.2) is 36.7 Å². The first-order chi connectivity index (χ1) is 7.70. The van der Waals surface area contributed by atoms with Crippen LogP contribution in [0.15, 0.2) is 5.16 Å². The van der Waals surface area contributed by atoms with Crippen molar-refractivity contribution in [3.05, 3.63) is 0 Å². The molecule has 6 nitrogen and oxygen atoms in total. The second-order valence-corrected chi connectivity index (χ2v) is 3.35. The first-order valence-corrected chi connectivity index (χ1v) is 5.51. The Morgan fingerprint density at radius 2 is 2.19 bits per heavy atom. The van der Waals surface area contributed by atoms with Crippen LogP contribution in [0.1, 0.15) is 32.6 Å². The lowest BCUT2D eigenvalue weighted by Crippen LogP contribution is -2.25. The Hall–Kier alpha value is -1.30. The molecule has 1 amide bonds. The van der Waals surface area contributed by atoms with Gasteiger partial charge in [-0.05, 0) is 19.8 Å². The summed E-state index contributed by atoms with van der Waals surface area (Å²) in [6.45, 7) is 3.77. The number of nitrogens with zero attached hydrogens (tertiary/aromatic N) is 1. The van der Waals surface area contributed by atoms with Gasteiger partial charge in [0.2, 0.25) is 5.91 Å². The third-order valence-corrected chi connectivity index (χ3v) is 1.96. The topological polar surface area (TPSA) is 96.9 Å². The van der Waals surface area contributed by atoms with E-state index >= 15 is 0 Å². The number of amides is 1. The number of amidine groups is 1. The predicted molar refractivity (Wildman–Crippen MR) is 61.4 cm³/mol. The number of nitrogens with two attached hydrogens (primary N) is 1. The van der Waals surface area contributed by atoms with E-state index in [-0.39, 0.29) is 11.7 Å². The fourth-order valence-corrected chi connectivity index (χ4v) is 1.11. The van der Waals surface area contributed by atoms with E-state index in [4.69, 9.17) is 15.7 Å². The van der Waals surface area contributed by atoms with E-state index in [0.29, 0.717) is 39.0 Å². The third-order valence-electron chi connectivity index (χ3n) is 1.96. The summed E-state index contributed by atoms with van der Waals surface area (Å²) in [5, 5.41) is 13.9. The zero-order valence-corrected chi connectivity index (χ0v) is 9.74. The van der Waals surface area contributed by atoms with Crippen LogP contribution in [0.25, 0.3) is 0 Å². The lowest BCUT2D eigenvalue weighted by molar-refractivity contribution is -0.121. The quantitative estimate of drug-likeness (QED) is 0.176. The second kappa shape index (κ2) is 10.2. The molecule has 0 aromatic carbocycles. The van der Waals surface area contributed by atoms with Crippen molar-refractivity contribution in [3.8, 4) is 0 Å². The standard InChI is InChI=1S/C10H21N3O3/c1-2-16-8-4-6-10(14)12-7-3-5-9(11)13-15/h15H,2-8H2,1H3,(H2,11,13)(H,12,14). The minimum atomic E-state index is 0.0132. The maximum Gasteiger partial charge on any atom is 0.220 e. The normalized spacial score (nSPS) is 11.4. The van der Waals surface area contributed by atoms with Crippen molar-refractivity contribution in [1.29, 1.82) is 0 Å². The molecular weight excluding hydrogens is 210 g/mol. The first kappa shape index (κ1) is 14.7. The molecule has 0 bridgehead atoms. The van der Waals surface area contributed by atoms with Crippen molar-refractivity contribution in [1.82, 2.24) is 5.32 Å². The average Bonchev–Trinajstić information content (AvgIpc) is 2.30. The van der Waals surface area contributed by atoms with Crippen LogP contribution < -0.4 is 11.1 Å². The Kier molecular flexibility index (Phi) is 9.39. The fourth-order valence-electron chi connectivity index (χ4n) is 1.11. The summed E-state index contributed by atoms with van der Waals surface area (Å²) in [4.78, 5) is 11.2. The number of rotatable bonds is 9. The summed E-state index contributed by atoms with van der Waals surface area (Å²) in [6.07, 6.45) is 2.37. The number of oxime groups is 1. The van der Waals surface area contributed by atoms with Crippen molar-refractivity contribution in [3.63, 3.8) is 0 Å². The summed E-state index contributed by atoms with van der Waals surface area (Å²) < 4.78 is 5.12. The molecule has 0 atom stereocenters. The van der Waals surface area contributed by atoms with Crippen molar-refractivity contribution >= 4 is 11.7 Å². The monoisotopic (exact) mass is 231 g/mol. The smallest absolute Gasteiger partial charge is 0.220 e. The van der Waals surface area contributed by atoms with Crippen LogP contribution in [0.2, 0.25) is 0 Å². The van der Waals surface area contributed by atoms with E-state index in [0.717, 1.165) is 6.42 Å². The number of ether oxygens (including phenoxy) is 1. The molecule has 0 aliphatic carbocycles. The number of hydrogen-bond donors (Lipinski definition) is 3. The fraction of sp³-hybridized carbons (Fsp3) is 0.800. The molecule has 4 N–H and O–H groups in total. The first-order valence-electron chi connectivity index (χ1n) is 5.51. The van der Waals surface area contributed by atoms with Gasteiger partial charge in [0.25, 0.3) is 0 Å². The summed E-state index contributed by atoms with van der Waals surface area (Å²) in [5.74, 6) is 0.199. The molecular formula is C10H21N3O3. The van der Waals surface area contributed by atoms with Gasteiger partial charge < -0.3 is 21.0 Å². The number of carbonyl (C=O) groups excluding carboxylic acids is 1. The molecule has 0 aliphatic heterocycles. The van der Waals surface area contributed by atoms with E-state index in [1.54, 1.807) is 0 Å². The Morgan fingerprint density at radius 3 is 2.81 bits per heavy atom. The molecule has 0 heterocycles. The molecule has 0 aromatic heterocycles. The van der Waals surface area contributed by atoms with Gasteiger partial charge in [0.05, 0.1) is 0 Å². The largest absolute Gasteiger partial charge is 0.409 e. The molecule has 94 valence electrons. The minimum Gasteiger partial charge on any atom is -0.409 e. The SMILES string of the molecule is CCOCCCC(=O)NCCCC(N)=NO. The highest BCUT2D eigenvalue weighted by atomic mass is 16.5. The second-order valence-electron chi connectivity index (χ2n) is 3.35. The van der Waals surface area contributed by atoms with E-state index in [2.05, 4.69) is 10.5 Å². The van der Waals surface area contributed by atoms with Crippen LogP contribution in [0.5, 0.6) is 0 Å². The molecule has 16 heavy (non-hydrogen) atoms. The van der Waals surface area contributed by atoms with E-state index in [1.807, 2.05) is 6.92 Å². The van der Waals surface area contributed by atoms with Gasteiger partial charge in [-0.25, -0.2) is 0 Å². The molecule has 0 spiro atoms. The van der Waals surface area contributed by atoms with Gasteiger partial charge in [-0.15, -0.1) is 0 Å². The number of nitrogens with one attached hydrogen (secondary N) is 1. The van der Waals surface area contributed by atoms with E-state index in [9.17, 15) is 4.79 Å². The zero-order valence-electron chi connectivity index (χ0n) is 9.74. The molecule has 0 radical (unpaired) electrons. The Labute approximate surface area is 95.8 Å². The molecule has 6 heteroatoms. The van der Waals surface area contributed by atoms with Gasteiger partial charge in [0, 0.05) is 32.6 Å². The van der Waals surface area contributed by atoms with Crippen molar-refractivity contribution in [2.75, 3.05) is 19.8 Å². The average molecular weight is 231 g/mol. The lowest BCUT2D eigenvalue weighted by Gasteiger charge is -2.04. The van der Waals surface area contributed by atoms with E-state index < -0.39 is 0 Å². The van der Waals surface area contributed by atoms with Crippen molar-refractivity contribution in [2.24, 2.45) is 10.9 Å². The maximum absolute atomic E-state index is 11.2. The Balaban J connectivity index is 3.30. The van der Waals surface area contributed by atoms with Crippen LogP contribution >= 0.6 is 0 Å². The van der Waals surface area contributed by atoms with Crippen molar-refractivity contribution < 1.29 is 14.7 Å². The molecule has 0 aliphatic rings. The molecule has 0 saturated heterocycles. The highest BCUT2D eigenvalue weighted by Gasteiger charge is 2.00. The van der Waals surface area contributed by atoms with Gasteiger partial charge in [0.15, 0.2) is 0 Å². The maximum atomic E-state index is 11.2. The molecule has 0 unspecified atom stereocenters. The number of carbonyl (C=O) groups is 1. The highest BCUT2D eigenvalue weighted by molar-refractivity contribution is 5.79. The highest BCUT2D eigenvalue weighted by Crippen LogP contribution is 1.92. The molecule has 0 rings (SSSR count). The van der Waals surface area contributed by atoms with Crippen molar-refractivity contribution in [2.45, 2.75) is 32.6 Å². The molecule has 0 saturated carbocycles. The summed E-state index contributed by atoms with van der Waals surface area (Å²) >= 11 is 0. The van der Waals surface area contributed by atoms with Crippen LogP contribution in [0.3, 0.4) is 0 Å². The minimum absolute atomic E-state index is 0.0132. The Bertz CT molecular complexity index is 219. The van der Waals surface area contributed by atoms with E-state index in [1.165, 1.54) is 0 Å². The summed E-state index contributed by atoms with van der Waals surface area (Å²) in [6, 6.07) is 0. The van der Waals surface area contributed by atoms with Crippen LogP contribution in [-0.2, 0) is 9.53 Å². The lowest BCUT2D eigenvalue weighted by atomic mass is 10.2. The van der Waals surface area contributed by atoms with Gasteiger partial charge in [-0.2, -0.15) is 0 Å². The van der Waals surface area contributed by atoms with Gasteiger partial charge in [0.1, 0.15) is 5.84 Å². The molecule has 0 aromatic rings.